The van der Waals surface area contributed by atoms with E-state index in [1.54, 1.807) is 32.0 Å². The molecule has 5 heteroatoms. The van der Waals surface area contributed by atoms with Gasteiger partial charge in [-0.15, -0.1) is 0 Å². The van der Waals surface area contributed by atoms with E-state index in [9.17, 15) is 19.2 Å². The Balaban J connectivity index is 2.83. The lowest BCUT2D eigenvalue weighted by molar-refractivity contribution is -0.148. The van der Waals surface area contributed by atoms with E-state index in [1.807, 2.05) is 0 Å². The van der Waals surface area contributed by atoms with Gasteiger partial charge in [-0.05, 0) is 31.4 Å². The van der Waals surface area contributed by atoms with E-state index in [2.05, 4.69) is 5.18 Å². The number of nitrogens with zero attached hydrogens (tertiary/aromatic N) is 1. The number of benzene rings is 1. The SMILES string of the molecule is CCC(C)(CC(Cc1ccccc1F)N=O)C(=O)O. The van der Waals surface area contributed by atoms with Crippen molar-refractivity contribution in [3.63, 3.8) is 0 Å². The van der Waals surface area contributed by atoms with Crippen LogP contribution in [0.25, 0.3) is 0 Å². The van der Waals surface area contributed by atoms with Crippen molar-refractivity contribution >= 4 is 5.97 Å². The second-order valence-corrected chi connectivity index (χ2v) is 4.98. The fraction of sp³-hybridized carbons (Fsp3) is 0.500. The van der Waals surface area contributed by atoms with Crippen molar-refractivity contribution in [1.29, 1.82) is 0 Å². The zero-order valence-electron chi connectivity index (χ0n) is 11.1. The van der Waals surface area contributed by atoms with E-state index < -0.39 is 23.2 Å². The lowest BCUT2D eigenvalue weighted by Gasteiger charge is -2.25. The van der Waals surface area contributed by atoms with Gasteiger partial charge in [0.05, 0.1) is 11.5 Å². The molecule has 0 aromatic heterocycles. The maximum absolute atomic E-state index is 13.5. The Morgan fingerprint density at radius 3 is 2.58 bits per heavy atom. The smallest absolute Gasteiger partial charge is 0.309 e. The first-order valence-electron chi connectivity index (χ1n) is 6.22. The number of hydrogen-bond donors (Lipinski definition) is 1. The van der Waals surface area contributed by atoms with Gasteiger partial charge in [0.15, 0.2) is 0 Å². The molecule has 0 saturated heterocycles. The standard InChI is InChI=1S/C14H18FNO3/c1-3-14(2,13(17)18)9-11(16-19)8-10-6-4-5-7-12(10)15/h4-7,11H,3,8-9H2,1-2H3,(H,17,18). The first-order valence-corrected chi connectivity index (χ1v) is 6.22. The summed E-state index contributed by atoms with van der Waals surface area (Å²) in [5.41, 5.74) is -0.625. The lowest BCUT2D eigenvalue weighted by atomic mass is 9.80. The normalized spacial score (nSPS) is 15.5. The summed E-state index contributed by atoms with van der Waals surface area (Å²) >= 11 is 0. The number of carboxylic acids is 1. The number of carboxylic acid groups (broad SMARTS) is 1. The van der Waals surface area contributed by atoms with Crippen molar-refractivity contribution in [3.05, 3.63) is 40.6 Å². The highest BCUT2D eigenvalue weighted by molar-refractivity contribution is 5.74. The van der Waals surface area contributed by atoms with Crippen LogP contribution in [0.3, 0.4) is 0 Å². The Kier molecular flexibility index (Phi) is 5.15. The number of rotatable bonds is 7. The van der Waals surface area contributed by atoms with Crippen LogP contribution >= 0.6 is 0 Å². The predicted molar refractivity (Wildman–Crippen MR) is 70.3 cm³/mol. The number of halogens is 1. The summed E-state index contributed by atoms with van der Waals surface area (Å²) in [7, 11) is 0. The summed E-state index contributed by atoms with van der Waals surface area (Å²) in [5, 5.41) is 12.1. The van der Waals surface area contributed by atoms with Crippen molar-refractivity contribution in [2.24, 2.45) is 10.6 Å². The van der Waals surface area contributed by atoms with E-state index in [-0.39, 0.29) is 12.8 Å². The first-order chi connectivity index (χ1) is 8.92. The molecule has 2 atom stereocenters. The van der Waals surface area contributed by atoms with Crippen LogP contribution < -0.4 is 0 Å². The van der Waals surface area contributed by atoms with Crippen molar-refractivity contribution in [3.8, 4) is 0 Å². The Labute approximate surface area is 111 Å². The third kappa shape index (κ3) is 3.84. The highest BCUT2D eigenvalue weighted by Crippen LogP contribution is 2.30. The number of aliphatic carboxylic acids is 1. The molecule has 0 amide bonds. The van der Waals surface area contributed by atoms with E-state index in [0.717, 1.165) is 0 Å². The average Bonchev–Trinajstić information content (AvgIpc) is 2.40. The van der Waals surface area contributed by atoms with E-state index in [1.165, 1.54) is 6.07 Å². The second-order valence-electron chi connectivity index (χ2n) is 4.98. The maximum Gasteiger partial charge on any atom is 0.309 e. The third-order valence-electron chi connectivity index (χ3n) is 3.55. The molecule has 1 aromatic rings. The zero-order valence-corrected chi connectivity index (χ0v) is 11.1. The molecule has 2 unspecified atom stereocenters. The molecule has 0 heterocycles. The van der Waals surface area contributed by atoms with E-state index in [4.69, 9.17) is 0 Å². The molecule has 0 fully saturated rings. The summed E-state index contributed by atoms with van der Waals surface area (Å²) in [5.74, 6) is -1.36. The van der Waals surface area contributed by atoms with Gasteiger partial charge in [0, 0.05) is 6.42 Å². The average molecular weight is 267 g/mol. The Morgan fingerprint density at radius 1 is 1.47 bits per heavy atom. The highest BCUT2D eigenvalue weighted by atomic mass is 19.1. The Morgan fingerprint density at radius 2 is 2.11 bits per heavy atom. The minimum atomic E-state index is -1.01. The van der Waals surface area contributed by atoms with E-state index in [0.29, 0.717) is 12.0 Å². The molecule has 0 saturated carbocycles. The fourth-order valence-electron chi connectivity index (χ4n) is 1.97. The maximum atomic E-state index is 13.5. The van der Waals surface area contributed by atoms with Crippen LogP contribution in [0, 0.1) is 16.1 Å². The van der Waals surface area contributed by atoms with Crippen LogP contribution in [-0.4, -0.2) is 17.1 Å². The largest absolute Gasteiger partial charge is 0.481 e. The molecule has 0 aliphatic carbocycles. The Bertz CT molecular complexity index is 464. The zero-order chi connectivity index (χ0) is 14.5. The lowest BCUT2D eigenvalue weighted by Crippen LogP contribution is -2.31. The van der Waals surface area contributed by atoms with Crippen LogP contribution in [0.5, 0.6) is 0 Å². The van der Waals surface area contributed by atoms with Crippen molar-refractivity contribution < 1.29 is 14.3 Å². The molecular formula is C14H18FNO3. The van der Waals surface area contributed by atoms with Gasteiger partial charge in [0.25, 0.3) is 0 Å². The number of nitroso groups, excluding NO2 is 1. The van der Waals surface area contributed by atoms with Gasteiger partial charge in [-0.25, -0.2) is 4.39 Å². The molecule has 0 aliphatic heterocycles. The van der Waals surface area contributed by atoms with E-state index >= 15 is 0 Å². The molecule has 0 aliphatic rings. The Hall–Kier alpha value is -1.78. The van der Waals surface area contributed by atoms with Gasteiger partial charge in [-0.3, -0.25) is 4.79 Å². The van der Waals surface area contributed by atoms with Crippen LogP contribution in [0.2, 0.25) is 0 Å². The molecule has 1 N–H and O–H groups in total. The summed E-state index contributed by atoms with van der Waals surface area (Å²) in [6.45, 7) is 3.33. The quantitative estimate of drug-likeness (QED) is 0.770. The second kappa shape index (κ2) is 6.41. The van der Waals surface area contributed by atoms with Crippen LogP contribution in [0.1, 0.15) is 32.3 Å². The number of carbonyl (C=O) groups is 1. The van der Waals surface area contributed by atoms with Gasteiger partial charge in [-0.1, -0.05) is 30.3 Å². The molecule has 104 valence electrons. The summed E-state index contributed by atoms with van der Waals surface area (Å²) < 4.78 is 13.5. The van der Waals surface area contributed by atoms with Gasteiger partial charge >= 0.3 is 5.97 Å². The number of hydrogen-bond acceptors (Lipinski definition) is 3. The van der Waals surface area contributed by atoms with Gasteiger partial charge in [0.2, 0.25) is 0 Å². The van der Waals surface area contributed by atoms with Crippen molar-refractivity contribution in [2.45, 2.75) is 39.2 Å². The summed E-state index contributed by atoms with van der Waals surface area (Å²) in [6.07, 6.45) is 0.626. The van der Waals surface area contributed by atoms with Crippen molar-refractivity contribution in [2.75, 3.05) is 0 Å². The van der Waals surface area contributed by atoms with Gasteiger partial charge in [-0.2, -0.15) is 4.91 Å². The van der Waals surface area contributed by atoms with Gasteiger partial charge in [0.1, 0.15) is 5.82 Å². The fourth-order valence-corrected chi connectivity index (χ4v) is 1.97. The van der Waals surface area contributed by atoms with Crippen LogP contribution in [0.15, 0.2) is 29.4 Å². The van der Waals surface area contributed by atoms with Gasteiger partial charge < -0.3 is 5.11 Å². The summed E-state index contributed by atoms with van der Waals surface area (Å²) in [4.78, 5) is 22.1. The molecule has 0 bridgehead atoms. The third-order valence-corrected chi connectivity index (χ3v) is 3.55. The minimum Gasteiger partial charge on any atom is -0.481 e. The predicted octanol–water partition coefficient (Wildman–Crippen LogP) is 3.39. The molecular weight excluding hydrogens is 249 g/mol. The minimum absolute atomic E-state index is 0.108. The molecule has 0 radical (unpaired) electrons. The van der Waals surface area contributed by atoms with Crippen LogP contribution in [0.4, 0.5) is 4.39 Å². The highest BCUT2D eigenvalue weighted by Gasteiger charge is 2.34. The topological polar surface area (TPSA) is 66.7 Å². The monoisotopic (exact) mass is 267 g/mol. The molecule has 19 heavy (non-hydrogen) atoms. The molecule has 1 aromatic carbocycles. The molecule has 1 rings (SSSR count). The first kappa shape index (κ1) is 15.3. The molecule has 0 spiro atoms. The van der Waals surface area contributed by atoms with Crippen molar-refractivity contribution in [1.82, 2.24) is 0 Å². The molecule has 4 nitrogen and oxygen atoms in total. The summed E-state index contributed by atoms with van der Waals surface area (Å²) in [6, 6.07) is 5.40. The van der Waals surface area contributed by atoms with Crippen LogP contribution in [-0.2, 0) is 11.2 Å².